The van der Waals surface area contributed by atoms with E-state index in [1.807, 2.05) is 32.9 Å². The van der Waals surface area contributed by atoms with Crippen molar-refractivity contribution in [1.82, 2.24) is 0 Å². The molecule has 3 nitrogen and oxygen atoms in total. The lowest BCUT2D eigenvalue weighted by atomic mass is 10.1. The van der Waals surface area contributed by atoms with Crippen molar-refractivity contribution >= 4 is 15.7 Å². The van der Waals surface area contributed by atoms with Crippen LogP contribution in [0.4, 0.5) is 5.69 Å². The molecule has 0 unspecified atom stereocenters. The number of sulfonamides is 1. The van der Waals surface area contributed by atoms with E-state index in [1.165, 1.54) is 0 Å². The summed E-state index contributed by atoms with van der Waals surface area (Å²) in [4.78, 5) is 0. The maximum atomic E-state index is 11.5. The third kappa shape index (κ3) is 3.55. The minimum absolute atomic E-state index is 0.167. The highest BCUT2D eigenvalue weighted by atomic mass is 32.2. The van der Waals surface area contributed by atoms with Crippen LogP contribution in [-0.4, -0.2) is 14.2 Å². The van der Waals surface area contributed by atoms with Gasteiger partial charge in [0.15, 0.2) is 0 Å². The summed E-state index contributed by atoms with van der Waals surface area (Å²) in [6.45, 7) is 5.81. The zero-order valence-corrected chi connectivity index (χ0v) is 10.2. The van der Waals surface area contributed by atoms with Crippen LogP contribution in [0.2, 0.25) is 0 Å². The average Bonchev–Trinajstić information content (AvgIpc) is 2.10. The van der Waals surface area contributed by atoms with Gasteiger partial charge in [-0.15, -0.1) is 0 Å². The molecule has 1 aromatic carbocycles. The summed E-state index contributed by atoms with van der Waals surface area (Å²) in [6, 6.07) is 5.55. The fraction of sp³-hybridized carbons (Fsp3) is 0.455. The quantitative estimate of drug-likeness (QED) is 0.858. The monoisotopic (exact) mass is 227 g/mol. The lowest BCUT2D eigenvalue weighted by Gasteiger charge is -2.08. The summed E-state index contributed by atoms with van der Waals surface area (Å²) in [5.74, 6) is 0.167. The Morgan fingerprint density at radius 3 is 2.40 bits per heavy atom. The van der Waals surface area contributed by atoms with Gasteiger partial charge in [0.1, 0.15) is 0 Å². The van der Waals surface area contributed by atoms with Gasteiger partial charge in [-0.3, -0.25) is 4.72 Å². The molecule has 0 bridgehead atoms. The van der Waals surface area contributed by atoms with Crippen LogP contribution in [0.15, 0.2) is 18.2 Å². The number of hydrogen-bond acceptors (Lipinski definition) is 2. The van der Waals surface area contributed by atoms with E-state index in [0.29, 0.717) is 12.1 Å². The molecule has 0 saturated heterocycles. The first-order chi connectivity index (χ1) is 6.94. The zero-order chi connectivity index (χ0) is 11.5. The Labute approximate surface area is 91.6 Å². The highest BCUT2D eigenvalue weighted by Crippen LogP contribution is 2.15. The molecule has 0 saturated carbocycles. The minimum atomic E-state index is -3.16. The van der Waals surface area contributed by atoms with E-state index in [-0.39, 0.29) is 5.75 Å². The molecule has 0 atom stereocenters. The molecular weight excluding hydrogens is 210 g/mol. The molecule has 0 aliphatic carbocycles. The Hall–Kier alpha value is -1.03. The second kappa shape index (κ2) is 4.66. The first-order valence-corrected chi connectivity index (χ1v) is 6.67. The molecule has 0 amide bonds. The van der Waals surface area contributed by atoms with Crippen molar-refractivity contribution in [2.45, 2.75) is 27.2 Å². The van der Waals surface area contributed by atoms with E-state index in [2.05, 4.69) is 4.72 Å². The standard InChI is InChI=1S/C11H17NO2S/c1-4-7-15(13,14)12-11-6-5-9(2)10(3)8-11/h5-6,8,12H,4,7H2,1-3H3. The van der Waals surface area contributed by atoms with Crippen LogP contribution in [0.25, 0.3) is 0 Å². The first-order valence-electron chi connectivity index (χ1n) is 5.02. The third-order valence-electron chi connectivity index (χ3n) is 2.25. The molecule has 0 fully saturated rings. The number of hydrogen-bond donors (Lipinski definition) is 1. The SMILES string of the molecule is CCCS(=O)(=O)Nc1ccc(C)c(C)c1. The van der Waals surface area contributed by atoms with Crippen molar-refractivity contribution in [3.8, 4) is 0 Å². The largest absolute Gasteiger partial charge is 0.284 e. The van der Waals surface area contributed by atoms with Gasteiger partial charge in [0.25, 0.3) is 0 Å². The van der Waals surface area contributed by atoms with Crippen LogP contribution < -0.4 is 4.72 Å². The number of anilines is 1. The van der Waals surface area contributed by atoms with E-state index < -0.39 is 10.0 Å². The van der Waals surface area contributed by atoms with Gasteiger partial charge in [-0.25, -0.2) is 8.42 Å². The fourth-order valence-corrected chi connectivity index (χ4v) is 2.43. The Morgan fingerprint density at radius 1 is 1.20 bits per heavy atom. The maximum Gasteiger partial charge on any atom is 0.232 e. The molecule has 1 rings (SSSR count). The molecule has 0 spiro atoms. The topological polar surface area (TPSA) is 46.2 Å². The predicted octanol–water partition coefficient (Wildman–Crippen LogP) is 2.46. The Balaban J connectivity index is 2.86. The van der Waals surface area contributed by atoms with Gasteiger partial charge in [-0.2, -0.15) is 0 Å². The van der Waals surface area contributed by atoms with E-state index in [9.17, 15) is 8.42 Å². The van der Waals surface area contributed by atoms with Crippen LogP contribution in [0.1, 0.15) is 24.5 Å². The van der Waals surface area contributed by atoms with Crippen LogP contribution in [0.5, 0.6) is 0 Å². The fourth-order valence-electron chi connectivity index (χ4n) is 1.30. The maximum absolute atomic E-state index is 11.5. The van der Waals surface area contributed by atoms with Crippen LogP contribution >= 0.6 is 0 Å². The molecule has 15 heavy (non-hydrogen) atoms. The lowest BCUT2D eigenvalue weighted by Crippen LogP contribution is -2.16. The Kier molecular flexibility index (Phi) is 3.74. The highest BCUT2D eigenvalue weighted by Gasteiger charge is 2.08. The van der Waals surface area contributed by atoms with E-state index in [0.717, 1.165) is 11.1 Å². The summed E-state index contributed by atoms with van der Waals surface area (Å²) in [7, 11) is -3.16. The van der Waals surface area contributed by atoms with Gasteiger partial charge in [0.05, 0.1) is 5.75 Å². The van der Waals surface area contributed by atoms with E-state index in [1.54, 1.807) is 6.07 Å². The minimum Gasteiger partial charge on any atom is -0.284 e. The molecule has 0 aliphatic rings. The van der Waals surface area contributed by atoms with Crippen molar-refractivity contribution in [2.75, 3.05) is 10.5 Å². The van der Waals surface area contributed by atoms with Crippen molar-refractivity contribution in [1.29, 1.82) is 0 Å². The molecule has 0 radical (unpaired) electrons. The average molecular weight is 227 g/mol. The van der Waals surface area contributed by atoms with Gasteiger partial charge in [0, 0.05) is 5.69 Å². The molecular formula is C11H17NO2S. The second-order valence-electron chi connectivity index (χ2n) is 3.72. The highest BCUT2D eigenvalue weighted by molar-refractivity contribution is 7.92. The van der Waals surface area contributed by atoms with Crippen LogP contribution in [0, 0.1) is 13.8 Å². The van der Waals surface area contributed by atoms with E-state index in [4.69, 9.17) is 0 Å². The van der Waals surface area contributed by atoms with Gasteiger partial charge < -0.3 is 0 Å². The van der Waals surface area contributed by atoms with Crippen LogP contribution in [0.3, 0.4) is 0 Å². The number of benzene rings is 1. The summed E-state index contributed by atoms with van der Waals surface area (Å²) in [5.41, 5.74) is 2.90. The summed E-state index contributed by atoms with van der Waals surface area (Å²) in [6.07, 6.45) is 0.625. The first kappa shape index (κ1) is 12.0. The number of rotatable bonds is 4. The van der Waals surface area contributed by atoms with Gasteiger partial charge in [0.2, 0.25) is 10.0 Å². The van der Waals surface area contributed by atoms with Crippen LogP contribution in [-0.2, 0) is 10.0 Å². The van der Waals surface area contributed by atoms with Gasteiger partial charge in [-0.05, 0) is 43.5 Å². The Morgan fingerprint density at radius 2 is 1.87 bits per heavy atom. The number of aryl methyl sites for hydroxylation is 2. The van der Waals surface area contributed by atoms with Crippen molar-refractivity contribution in [3.05, 3.63) is 29.3 Å². The van der Waals surface area contributed by atoms with Crippen molar-refractivity contribution in [3.63, 3.8) is 0 Å². The molecule has 0 aromatic heterocycles. The van der Waals surface area contributed by atoms with Gasteiger partial charge >= 0.3 is 0 Å². The van der Waals surface area contributed by atoms with Crippen molar-refractivity contribution < 1.29 is 8.42 Å². The number of nitrogens with one attached hydrogen (secondary N) is 1. The van der Waals surface area contributed by atoms with Crippen molar-refractivity contribution in [2.24, 2.45) is 0 Å². The second-order valence-corrected chi connectivity index (χ2v) is 5.56. The zero-order valence-electron chi connectivity index (χ0n) is 9.37. The Bertz CT molecular complexity index is 438. The summed E-state index contributed by atoms with van der Waals surface area (Å²) >= 11 is 0. The van der Waals surface area contributed by atoms with Gasteiger partial charge in [-0.1, -0.05) is 13.0 Å². The smallest absolute Gasteiger partial charge is 0.232 e. The predicted molar refractivity (Wildman–Crippen MR) is 63.6 cm³/mol. The van der Waals surface area contributed by atoms with E-state index >= 15 is 0 Å². The third-order valence-corrected chi connectivity index (χ3v) is 3.75. The molecule has 1 N–H and O–H groups in total. The lowest BCUT2D eigenvalue weighted by molar-refractivity contribution is 0.600. The summed E-state index contributed by atoms with van der Waals surface area (Å²) in [5, 5.41) is 0. The molecule has 0 heterocycles. The molecule has 4 heteroatoms. The molecule has 84 valence electrons. The summed E-state index contributed by atoms with van der Waals surface area (Å²) < 4.78 is 25.5. The molecule has 1 aromatic rings. The molecule has 0 aliphatic heterocycles. The normalized spacial score (nSPS) is 11.4.